The molecule has 11 rings (SSSR count). The molecule has 0 saturated heterocycles. The lowest BCUT2D eigenvalue weighted by atomic mass is 10.00. The highest BCUT2D eigenvalue weighted by atomic mass is 16.3. The molecule has 0 bridgehead atoms. The average Bonchev–Trinajstić information content (AvgIpc) is 3.86. The third kappa shape index (κ3) is 5.43. The quantitative estimate of drug-likeness (QED) is 0.173. The van der Waals surface area contributed by atoms with Gasteiger partial charge in [0.05, 0.1) is 0 Å². The van der Waals surface area contributed by atoms with E-state index in [1.807, 2.05) is 24.3 Å². The van der Waals surface area contributed by atoms with Crippen LogP contribution in [0.15, 0.2) is 203 Å². The number of anilines is 3. The number of furan rings is 1. The summed E-state index contributed by atoms with van der Waals surface area (Å²) in [6, 6.07) is 68.2. The third-order valence-electron chi connectivity index (χ3n) is 10.7. The van der Waals surface area contributed by atoms with E-state index in [2.05, 4.69) is 175 Å². The normalized spacial score (nSPS) is 11.6. The first-order valence-electron chi connectivity index (χ1n) is 18.5. The highest BCUT2D eigenvalue weighted by Crippen LogP contribution is 2.41. The highest BCUT2D eigenvalue weighted by molar-refractivity contribution is 6.06. The van der Waals surface area contributed by atoms with Crippen molar-refractivity contribution in [3.8, 4) is 33.7 Å². The second kappa shape index (κ2) is 12.6. The Morgan fingerprint density at radius 2 is 0.982 bits per heavy atom. The Morgan fingerprint density at radius 3 is 1.80 bits per heavy atom. The number of para-hydroxylation sites is 2. The van der Waals surface area contributed by atoms with Crippen LogP contribution in [-0.2, 0) is 0 Å². The van der Waals surface area contributed by atoms with Gasteiger partial charge in [-0.25, -0.2) is 4.98 Å². The molecule has 258 valence electrons. The number of hydrogen-bond acceptors (Lipinski definition) is 4. The maximum atomic E-state index is 6.52. The molecule has 0 aliphatic heterocycles. The molecule has 0 spiro atoms. The Hall–Kier alpha value is -7.43. The van der Waals surface area contributed by atoms with Gasteiger partial charge in [0.1, 0.15) is 16.7 Å². The van der Waals surface area contributed by atoms with Crippen LogP contribution in [-0.4, -0.2) is 4.98 Å². The number of benzene rings is 9. The molecule has 2 heterocycles. The van der Waals surface area contributed by atoms with Crippen molar-refractivity contribution in [1.82, 2.24) is 4.98 Å². The van der Waals surface area contributed by atoms with E-state index in [9.17, 15) is 0 Å². The summed E-state index contributed by atoms with van der Waals surface area (Å²) in [6.45, 7) is 0. The second-order valence-corrected chi connectivity index (χ2v) is 14.0. The molecule has 0 aliphatic carbocycles. The van der Waals surface area contributed by atoms with Crippen LogP contribution in [0, 0.1) is 0 Å². The number of rotatable bonds is 6. The Kier molecular flexibility index (Phi) is 7.14. The molecule has 55 heavy (non-hydrogen) atoms. The van der Waals surface area contributed by atoms with Crippen LogP contribution < -0.4 is 4.90 Å². The molecule has 0 saturated carbocycles. The molecule has 4 nitrogen and oxygen atoms in total. The minimum Gasteiger partial charge on any atom is -0.456 e. The first kappa shape index (κ1) is 31.1. The van der Waals surface area contributed by atoms with Crippen LogP contribution in [0.4, 0.5) is 17.1 Å². The summed E-state index contributed by atoms with van der Waals surface area (Å²) in [6.07, 6.45) is 0. The molecule has 2 aromatic heterocycles. The molecular formula is C51H32N2O2. The molecule has 0 N–H and O–H groups in total. The zero-order valence-electron chi connectivity index (χ0n) is 29.7. The molecule has 0 fully saturated rings. The monoisotopic (exact) mass is 704 g/mol. The van der Waals surface area contributed by atoms with Crippen LogP contribution in [0.1, 0.15) is 0 Å². The number of hydrogen-bond donors (Lipinski definition) is 0. The van der Waals surface area contributed by atoms with E-state index in [1.165, 1.54) is 21.7 Å². The Labute approximate surface area is 317 Å². The lowest BCUT2D eigenvalue weighted by Gasteiger charge is -2.26. The lowest BCUT2D eigenvalue weighted by Crippen LogP contribution is -2.10. The fourth-order valence-corrected chi connectivity index (χ4v) is 7.91. The molecular weight excluding hydrogens is 673 g/mol. The number of nitrogens with zero attached hydrogens (tertiary/aromatic N) is 2. The zero-order valence-corrected chi connectivity index (χ0v) is 29.7. The van der Waals surface area contributed by atoms with Crippen molar-refractivity contribution >= 4 is 71.6 Å². The van der Waals surface area contributed by atoms with Gasteiger partial charge in [-0.15, -0.1) is 0 Å². The fraction of sp³-hybridized carbons (Fsp3) is 0. The number of oxazole rings is 1. The van der Waals surface area contributed by atoms with Crippen LogP contribution in [0.5, 0.6) is 0 Å². The first-order chi connectivity index (χ1) is 27.2. The minimum atomic E-state index is 0.614. The van der Waals surface area contributed by atoms with Crippen LogP contribution in [0.2, 0.25) is 0 Å². The lowest BCUT2D eigenvalue weighted by molar-refractivity contribution is 0.621. The third-order valence-corrected chi connectivity index (χ3v) is 10.7. The van der Waals surface area contributed by atoms with Crippen molar-refractivity contribution in [1.29, 1.82) is 0 Å². The molecule has 0 radical (unpaired) electrons. The maximum absolute atomic E-state index is 6.52. The van der Waals surface area contributed by atoms with E-state index in [0.29, 0.717) is 5.89 Å². The first-order valence-corrected chi connectivity index (χ1v) is 18.5. The number of fused-ring (bicyclic) bond motifs is 6. The standard InChI is InChI=1S/C51H32N2O2/c1-3-11-36-29-39(21-19-33(36)9-1)38-13-7-14-42(31-38)53(43-27-28-46-45-15-5-6-18-48(45)54-49(46)32-43)41-25-23-35(24-26-41)44-16-8-17-47-50(44)55-51(52-47)40-22-20-34-10-2-4-12-37(34)30-40/h1-32H. The van der Waals surface area contributed by atoms with Crippen molar-refractivity contribution in [2.75, 3.05) is 4.90 Å². The van der Waals surface area contributed by atoms with Crippen molar-refractivity contribution in [3.05, 3.63) is 194 Å². The Bertz CT molecular complexity index is 3230. The van der Waals surface area contributed by atoms with Crippen LogP contribution >= 0.6 is 0 Å². The summed E-state index contributed by atoms with van der Waals surface area (Å²) < 4.78 is 12.9. The van der Waals surface area contributed by atoms with Gasteiger partial charge in [-0.3, -0.25) is 0 Å². The van der Waals surface area contributed by atoms with Gasteiger partial charge in [-0.1, -0.05) is 121 Å². The van der Waals surface area contributed by atoms with Gasteiger partial charge < -0.3 is 13.7 Å². The zero-order chi connectivity index (χ0) is 36.3. The molecule has 0 atom stereocenters. The topological polar surface area (TPSA) is 42.4 Å². The van der Waals surface area contributed by atoms with Crippen LogP contribution in [0.25, 0.3) is 88.3 Å². The molecule has 0 unspecified atom stereocenters. The fourth-order valence-electron chi connectivity index (χ4n) is 7.91. The molecule has 11 aromatic rings. The van der Waals surface area contributed by atoms with Gasteiger partial charge in [-0.05, 0) is 105 Å². The van der Waals surface area contributed by atoms with E-state index in [-0.39, 0.29) is 0 Å². The van der Waals surface area contributed by atoms with Gasteiger partial charge in [0.15, 0.2) is 5.58 Å². The molecule has 4 heteroatoms. The maximum Gasteiger partial charge on any atom is 0.227 e. The van der Waals surface area contributed by atoms with Crippen LogP contribution in [0.3, 0.4) is 0 Å². The molecule has 0 aliphatic rings. The second-order valence-electron chi connectivity index (χ2n) is 14.0. The minimum absolute atomic E-state index is 0.614. The van der Waals surface area contributed by atoms with Gasteiger partial charge in [0.25, 0.3) is 0 Å². The van der Waals surface area contributed by atoms with E-state index >= 15 is 0 Å². The molecule has 9 aromatic carbocycles. The average molecular weight is 705 g/mol. The van der Waals surface area contributed by atoms with E-state index in [4.69, 9.17) is 13.8 Å². The van der Waals surface area contributed by atoms with Crippen molar-refractivity contribution in [2.45, 2.75) is 0 Å². The SMILES string of the molecule is c1cc(-c2ccc3ccccc3c2)cc(N(c2ccc(-c3cccc4nc(-c5ccc6ccccc6c5)oc34)cc2)c2ccc3c(c2)oc2ccccc23)c1. The number of aromatic nitrogens is 1. The van der Waals surface area contributed by atoms with Gasteiger partial charge in [0, 0.05) is 45.0 Å². The summed E-state index contributed by atoms with van der Waals surface area (Å²) in [5, 5.41) is 7.01. The van der Waals surface area contributed by atoms with Gasteiger partial charge in [-0.2, -0.15) is 0 Å². The van der Waals surface area contributed by atoms with Crippen molar-refractivity contribution < 1.29 is 8.83 Å². The predicted octanol–water partition coefficient (Wildman–Crippen LogP) is 14.5. The highest BCUT2D eigenvalue weighted by Gasteiger charge is 2.18. The summed E-state index contributed by atoms with van der Waals surface area (Å²) >= 11 is 0. The predicted molar refractivity (Wildman–Crippen MR) is 227 cm³/mol. The van der Waals surface area contributed by atoms with Gasteiger partial charge >= 0.3 is 0 Å². The summed E-state index contributed by atoms with van der Waals surface area (Å²) in [5.41, 5.74) is 11.7. The van der Waals surface area contributed by atoms with E-state index in [0.717, 1.165) is 77.7 Å². The van der Waals surface area contributed by atoms with E-state index < -0.39 is 0 Å². The van der Waals surface area contributed by atoms with Crippen molar-refractivity contribution in [2.24, 2.45) is 0 Å². The Morgan fingerprint density at radius 1 is 0.364 bits per heavy atom. The molecule has 0 amide bonds. The smallest absolute Gasteiger partial charge is 0.227 e. The van der Waals surface area contributed by atoms with E-state index in [1.54, 1.807) is 0 Å². The summed E-state index contributed by atoms with van der Waals surface area (Å²) in [5.74, 6) is 0.614. The largest absolute Gasteiger partial charge is 0.456 e. The van der Waals surface area contributed by atoms with Crippen molar-refractivity contribution in [3.63, 3.8) is 0 Å². The summed E-state index contributed by atoms with van der Waals surface area (Å²) in [4.78, 5) is 7.21. The Balaban J connectivity index is 1.01. The van der Waals surface area contributed by atoms with Gasteiger partial charge in [0.2, 0.25) is 5.89 Å². The summed E-state index contributed by atoms with van der Waals surface area (Å²) in [7, 11) is 0.